The minimum Gasteiger partial charge on any atom is -0.495 e. The molecule has 0 spiro atoms. The second-order valence-corrected chi connectivity index (χ2v) is 3.53. The third-order valence-corrected chi connectivity index (χ3v) is 2.64. The van der Waals surface area contributed by atoms with E-state index in [4.69, 9.17) is 4.74 Å². The molecule has 0 radical (unpaired) electrons. The number of Topliss-reactive ketones (excluding diaryl/α,β-unsaturated/α-hetero) is 1. The molecule has 0 unspecified atom stereocenters. The molecule has 0 aliphatic carbocycles. The molecule has 0 N–H and O–H groups in total. The van der Waals surface area contributed by atoms with E-state index in [-0.39, 0.29) is 11.6 Å². The molecule has 2 nitrogen and oxygen atoms in total. The molecule has 0 saturated carbocycles. The Morgan fingerprint density at radius 3 is 2.57 bits per heavy atom. The van der Waals surface area contributed by atoms with Gasteiger partial charge in [0.2, 0.25) is 0 Å². The highest BCUT2D eigenvalue weighted by molar-refractivity contribution is 7.98. The lowest BCUT2D eigenvalue weighted by Gasteiger charge is -2.10. The maximum absolute atomic E-state index is 13.3. The van der Waals surface area contributed by atoms with Crippen LogP contribution in [0.2, 0.25) is 0 Å². The number of hydrogen-bond acceptors (Lipinski definition) is 3. The number of ketones is 1. The van der Waals surface area contributed by atoms with Crippen LogP contribution in [0.3, 0.4) is 0 Å². The van der Waals surface area contributed by atoms with Crippen molar-refractivity contribution in [2.45, 2.75) is 11.8 Å². The van der Waals surface area contributed by atoms with E-state index in [1.54, 1.807) is 6.26 Å². The minimum atomic E-state index is -0.362. The lowest BCUT2D eigenvalue weighted by atomic mass is 10.1. The van der Waals surface area contributed by atoms with E-state index >= 15 is 0 Å². The number of halogens is 1. The van der Waals surface area contributed by atoms with Crippen molar-refractivity contribution in [2.75, 3.05) is 13.4 Å². The monoisotopic (exact) mass is 214 g/mol. The van der Waals surface area contributed by atoms with E-state index in [1.165, 1.54) is 37.9 Å². The van der Waals surface area contributed by atoms with Gasteiger partial charge in [-0.2, -0.15) is 0 Å². The summed E-state index contributed by atoms with van der Waals surface area (Å²) in [5.41, 5.74) is 0.415. The van der Waals surface area contributed by atoms with Crippen molar-refractivity contribution in [1.29, 1.82) is 0 Å². The van der Waals surface area contributed by atoms with Crippen LogP contribution in [-0.4, -0.2) is 19.1 Å². The van der Waals surface area contributed by atoms with E-state index in [0.717, 1.165) is 0 Å². The van der Waals surface area contributed by atoms with Gasteiger partial charge in [0.1, 0.15) is 11.6 Å². The quantitative estimate of drug-likeness (QED) is 0.571. The zero-order valence-corrected chi connectivity index (χ0v) is 9.07. The Hall–Kier alpha value is -1.03. The smallest absolute Gasteiger partial charge is 0.163 e. The van der Waals surface area contributed by atoms with Gasteiger partial charge in [0.15, 0.2) is 5.78 Å². The summed E-state index contributed by atoms with van der Waals surface area (Å²) in [5.74, 6) is -0.165. The lowest BCUT2D eigenvalue weighted by molar-refractivity contribution is 0.101. The molecule has 0 amide bonds. The van der Waals surface area contributed by atoms with Crippen LogP contribution in [0.5, 0.6) is 5.75 Å². The van der Waals surface area contributed by atoms with Crippen LogP contribution >= 0.6 is 11.8 Å². The first-order chi connectivity index (χ1) is 6.61. The minimum absolute atomic E-state index is 0.128. The number of hydrogen-bond donors (Lipinski definition) is 0. The highest BCUT2D eigenvalue weighted by Gasteiger charge is 2.15. The summed E-state index contributed by atoms with van der Waals surface area (Å²) < 4.78 is 18.3. The van der Waals surface area contributed by atoms with Crippen LogP contribution in [0.4, 0.5) is 4.39 Å². The summed E-state index contributed by atoms with van der Waals surface area (Å²) in [5, 5.41) is 0. The van der Waals surface area contributed by atoms with Crippen molar-refractivity contribution in [1.82, 2.24) is 0 Å². The van der Waals surface area contributed by atoms with Crippen molar-refractivity contribution >= 4 is 17.5 Å². The van der Waals surface area contributed by atoms with Gasteiger partial charge in [-0.3, -0.25) is 4.79 Å². The Morgan fingerprint density at radius 2 is 2.14 bits per heavy atom. The Kier molecular flexibility index (Phi) is 3.52. The van der Waals surface area contributed by atoms with Gasteiger partial charge in [0, 0.05) is 0 Å². The molecule has 0 fully saturated rings. The van der Waals surface area contributed by atoms with Crippen molar-refractivity contribution in [2.24, 2.45) is 0 Å². The molecular formula is C10H11FO2S. The molecule has 1 rings (SSSR count). The highest BCUT2D eigenvalue weighted by Crippen LogP contribution is 2.33. The van der Waals surface area contributed by atoms with E-state index in [0.29, 0.717) is 16.2 Å². The summed E-state index contributed by atoms with van der Waals surface area (Å²) in [6.45, 7) is 1.43. The van der Waals surface area contributed by atoms with Crippen LogP contribution in [-0.2, 0) is 0 Å². The number of thioether (sulfide) groups is 1. The first-order valence-corrected chi connectivity index (χ1v) is 5.25. The largest absolute Gasteiger partial charge is 0.495 e. The maximum atomic E-state index is 13.3. The van der Waals surface area contributed by atoms with Gasteiger partial charge >= 0.3 is 0 Å². The number of benzene rings is 1. The molecule has 0 aliphatic rings. The normalized spacial score (nSPS) is 10.0. The van der Waals surface area contributed by atoms with Crippen LogP contribution in [0.25, 0.3) is 0 Å². The zero-order valence-electron chi connectivity index (χ0n) is 8.26. The summed E-state index contributed by atoms with van der Waals surface area (Å²) in [6, 6.07) is 2.72. The van der Waals surface area contributed by atoms with Gasteiger partial charge in [0.05, 0.1) is 17.6 Å². The molecule has 0 aromatic heterocycles. The summed E-state index contributed by atoms with van der Waals surface area (Å²) >= 11 is 1.23. The topological polar surface area (TPSA) is 26.3 Å². The maximum Gasteiger partial charge on any atom is 0.163 e. The molecule has 76 valence electrons. The highest BCUT2D eigenvalue weighted by atomic mass is 32.2. The molecule has 0 atom stereocenters. The Balaban J connectivity index is 3.40. The fourth-order valence-electron chi connectivity index (χ4n) is 1.21. The zero-order chi connectivity index (χ0) is 10.7. The third-order valence-electron chi connectivity index (χ3n) is 1.85. The second-order valence-electron chi connectivity index (χ2n) is 2.72. The van der Waals surface area contributed by atoms with E-state index in [1.807, 2.05) is 0 Å². The Labute approximate surface area is 86.5 Å². The first kappa shape index (κ1) is 11.0. The van der Waals surface area contributed by atoms with Gasteiger partial charge in [-0.15, -0.1) is 11.8 Å². The molecule has 1 aromatic rings. The molecule has 0 aliphatic heterocycles. The number of carbonyl (C=O) groups excluding carboxylic acids is 1. The molecule has 0 saturated heterocycles. The van der Waals surface area contributed by atoms with Gasteiger partial charge in [-0.25, -0.2) is 4.39 Å². The van der Waals surface area contributed by atoms with Crippen LogP contribution in [0.1, 0.15) is 17.3 Å². The second kappa shape index (κ2) is 4.46. The van der Waals surface area contributed by atoms with Crippen LogP contribution < -0.4 is 4.74 Å². The molecule has 14 heavy (non-hydrogen) atoms. The summed E-state index contributed by atoms with van der Waals surface area (Å²) in [4.78, 5) is 11.6. The molecule has 1 aromatic carbocycles. The summed E-state index contributed by atoms with van der Waals surface area (Å²) in [7, 11) is 1.43. The van der Waals surface area contributed by atoms with Crippen molar-refractivity contribution in [3.8, 4) is 5.75 Å². The fourth-order valence-corrected chi connectivity index (χ4v) is 1.85. The van der Waals surface area contributed by atoms with Crippen LogP contribution in [0, 0.1) is 5.82 Å². The first-order valence-electron chi connectivity index (χ1n) is 4.03. The number of carbonyl (C=O) groups is 1. The number of methoxy groups -OCH3 is 1. The van der Waals surface area contributed by atoms with Gasteiger partial charge < -0.3 is 4.74 Å². The van der Waals surface area contributed by atoms with Crippen LogP contribution in [0.15, 0.2) is 17.0 Å². The van der Waals surface area contributed by atoms with E-state index in [9.17, 15) is 9.18 Å². The third kappa shape index (κ3) is 1.90. The molecule has 0 bridgehead atoms. The Morgan fingerprint density at radius 1 is 1.50 bits per heavy atom. The predicted octanol–water partition coefficient (Wildman–Crippen LogP) is 2.76. The fraction of sp³-hybridized carbons (Fsp3) is 0.300. The van der Waals surface area contributed by atoms with E-state index < -0.39 is 0 Å². The average Bonchev–Trinajstić information content (AvgIpc) is 2.16. The van der Waals surface area contributed by atoms with Gasteiger partial charge in [-0.05, 0) is 25.3 Å². The van der Waals surface area contributed by atoms with Crippen molar-refractivity contribution < 1.29 is 13.9 Å². The van der Waals surface area contributed by atoms with Crippen molar-refractivity contribution in [3.63, 3.8) is 0 Å². The molecule has 0 heterocycles. The van der Waals surface area contributed by atoms with Gasteiger partial charge in [0.25, 0.3) is 0 Å². The number of ether oxygens (including phenoxy) is 1. The van der Waals surface area contributed by atoms with Crippen molar-refractivity contribution in [3.05, 3.63) is 23.5 Å². The average molecular weight is 214 g/mol. The summed E-state index contributed by atoms with van der Waals surface area (Å²) in [6.07, 6.45) is 1.74. The predicted molar refractivity (Wildman–Crippen MR) is 54.7 cm³/mol. The standard InChI is InChI=1S/C10H11FO2S/c1-6(12)7-4-5-8(11)10(14-3)9(7)13-2/h4-5H,1-3H3. The SMILES string of the molecule is COc1c(C(C)=O)ccc(F)c1SC. The van der Waals surface area contributed by atoms with E-state index in [2.05, 4.69) is 0 Å². The molecular weight excluding hydrogens is 203 g/mol. The number of rotatable bonds is 3. The Bertz CT molecular complexity index is 363. The van der Waals surface area contributed by atoms with Gasteiger partial charge in [-0.1, -0.05) is 0 Å². The lowest BCUT2D eigenvalue weighted by Crippen LogP contribution is -2.00. The molecule has 4 heteroatoms.